The Hall–Kier alpha value is -0.270. The molecule has 0 radical (unpaired) electrons. The van der Waals surface area contributed by atoms with E-state index in [4.69, 9.17) is 4.74 Å². The van der Waals surface area contributed by atoms with Gasteiger partial charge in [0.1, 0.15) is 0 Å². The fourth-order valence-corrected chi connectivity index (χ4v) is 4.15. The van der Waals surface area contributed by atoms with Crippen LogP contribution in [0.15, 0.2) is 10.4 Å². The Morgan fingerprint density at radius 1 is 1.37 bits per heavy atom. The number of thioether (sulfide) groups is 1. The van der Waals surface area contributed by atoms with Crippen molar-refractivity contribution in [1.82, 2.24) is 15.6 Å². The largest absolute Gasteiger partial charge is 0.434 e. The van der Waals surface area contributed by atoms with Crippen LogP contribution in [0.2, 0.25) is 0 Å². The third kappa shape index (κ3) is 7.94. The summed E-state index contributed by atoms with van der Waals surface area (Å²) in [5.41, 5.74) is -0.820. The van der Waals surface area contributed by atoms with Crippen LogP contribution in [0.1, 0.15) is 30.5 Å². The number of nitrogens with one attached hydrogen (secondary N) is 2. The summed E-state index contributed by atoms with van der Waals surface area (Å²) in [6, 6.07) is 0. The third-order valence-corrected chi connectivity index (χ3v) is 6.49. The number of aliphatic imine (C=N–C) groups is 1. The average molecular weight is 538 g/mol. The molecule has 0 saturated carbocycles. The van der Waals surface area contributed by atoms with E-state index < -0.39 is 11.9 Å². The number of alkyl halides is 3. The molecule has 1 aliphatic heterocycles. The molecule has 0 aliphatic carbocycles. The first-order valence-electron chi connectivity index (χ1n) is 8.55. The van der Waals surface area contributed by atoms with Gasteiger partial charge in [0.05, 0.1) is 11.6 Å². The molecule has 0 bridgehead atoms. The molecule has 11 heteroatoms. The van der Waals surface area contributed by atoms with Crippen molar-refractivity contribution in [2.24, 2.45) is 4.99 Å². The van der Waals surface area contributed by atoms with Gasteiger partial charge < -0.3 is 15.4 Å². The first-order valence-corrected chi connectivity index (χ1v) is 10.7. The molecule has 1 aromatic heterocycles. The molecule has 0 aromatic carbocycles. The summed E-state index contributed by atoms with van der Waals surface area (Å²) in [4.78, 5) is 8.32. The van der Waals surface area contributed by atoms with Crippen LogP contribution in [0.5, 0.6) is 0 Å². The Morgan fingerprint density at radius 3 is 2.63 bits per heavy atom. The number of thiazole rings is 1. The summed E-state index contributed by atoms with van der Waals surface area (Å²) >= 11 is 2.85. The number of ether oxygens (including phenoxy) is 1. The zero-order valence-electron chi connectivity index (χ0n) is 15.4. The second kappa shape index (κ2) is 11.7. The molecule has 0 spiro atoms. The molecule has 1 saturated heterocycles. The molecule has 0 unspecified atom stereocenters. The summed E-state index contributed by atoms with van der Waals surface area (Å²) in [5, 5.41) is 7.88. The molecule has 2 rings (SSSR count). The lowest BCUT2D eigenvalue weighted by atomic mass is 9.99. The highest BCUT2D eigenvalue weighted by Crippen LogP contribution is 2.34. The molecular weight excluding hydrogens is 512 g/mol. The lowest BCUT2D eigenvalue weighted by Crippen LogP contribution is -2.41. The molecule has 5 nitrogen and oxygen atoms in total. The predicted molar refractivity (Wildman–Crippen MR) is 117 cm³/mol. The standard InChI is InChI=1S/C16H25F3N4OS2.HI/c1-3-20-14(22-11-15(25-2)5-8-24-9-6-15)21-7-4-13-23-12(10-26-13)16(17,18)19;/h10H,3-9,11H2,1-2H3,(H2,20,21,22);1H. The number of halogens is 4. The SMILES string of the molecule is CCNC(=NCC1(SC)CCOCC1)NCCc1nc(C(F)(F)F)cs1.I. The van der Waals surface area contributed by atoms with Crippen molar-refractivity contribution in [3.05, 3.63) is 16.1 Å². The highest BCUT2D eigenvalue weighted by atomic mass is 127. The van der Waals surface area contributed by atoms with E-state index in [1.54, 1.807) is 0 Å². The van der Waals surface area contributed by atoms with Crippen LogP contribution >= 0.6 is 47.1 Å². The zero-order valence-corrected chi connectivity index (χ0v) is 19.4. The smallest absolute Gasteiger partial charge is 0.381 e. The van der Waals surface area contributed by atoms with E-state index in [1.807, 2.05) is 18.7 Å². The van der Waals surface area contributed by atoms with Crippen molar-refractivity contribution in [3.8, 4) is 0 Å². The second-order valence-corrected chi connectivity index (χ2v) is 8.21. The van der Waals surface area contributed by atoms with E-state index in [1.165, 1.54) is 0 Å². The van der Waals surface area contributed by atoms with E-state index in [2.05, 4.69) is 26.9 Å². The fourth-order valence-electron chi connectivity index (χ4n) is 2.58. The fraction of sp³-hybridized carbons (Fsp3) is 0.750. The van der Waals surface area contributed by atoms with E-state index in [0.29, 0.717) is 30.5 Å². The van der Waals surface area contributed by atoms with Crippen LogP contribution in [0.3, 0.4) is 0 Å². The Kier molecular flexibility index (Phi) is 10.7. The topological polar surface area (TPSA) is 58.5 Å². The van der Waals surface area contributed by atoms with Gasteiger partial charge in [-0.1, -0.05) is 0 Å². The van der Waals surface area contributed by atoms with Crippen molar-refractivity contribution in [1.29, 1.82) is 0 Å². The van der Waals surface area contributed by atoms with Gasteiger partial charge in [-0.25, -0.2) is 4.98 Å². The molecule has 0 amide bonds. The van der Waals surface area contributed by atoms with Gasteiger partial charge in [-0.05, 0) is 26.0 Å². The second-order valence-electron chi connectivity index (χ2n) is 6.00. The highest BCUT2D eigenvalue weighted by molar-refractivity contribution is 14.0. The number of nitrogens with zero attached hydrogens (tertiary/aromatic N) is 2. The lowest BCUT2D eigenvalue weighted by Gasteiger charge is -2.34. The van der Waals surface area contributed by atoms with Gasteiger partial charge in [0.2, 0.25) is 0 Å². The molecule has 27 heavy (non-hydrogen) atoms. The summed E-state index contributed by atoms with van der Waals surface area (Å²) in [6.07, 6.45) is 0.0791. The minimum atomic E-state index is -4.38. The van der Waals surface area contributed by atoms with Crippen molar-refractivity contribution in [2.45, 2.75) is 37.1 Å². The van der Waals surface area contributed by atoms with Crippen molar-refractivity contribution in [3.63, 3.8) is 0 Å². The minimum Gasteiger partial charge on any atom is -0.381 e. The molecule has 0 atom stereocenters. The van der Waals surface area contributed by atoms with Gasteiger partial charge in [-0.2, -0.15) is 24.9 Å². The predicted octanol–water partition coefficient (Wildman–Crippen LogP) is 3.79. The number of aromatic nitrogens is 1. The van der Waals surface area contributed by atoms with E-state index in [0.717, 1.165) is 49.3 Å². The van der Waals surface area contributed by atoms with Gasteiger partial charge in [-0.3, -0.25) is 4.99 Å². The summed E-state index contributed by atoms with van der Waals surface area (Å²) in [6.45, 7) is 5.37. The quantitative estimate of drug-likeness (QED) is 0.315. The molecule has 2 N–H and O–H groups in total. The maximum atomic E-state index is 12.6. The van der Waals surface area contributed by atoms with Crippen molar-refractivity contribution >= 4 is 53.0 Å². The monoisotopic (exact) mass is 538 g/mol. The normalized spacial score (nSPS) is 17.3. The summed E-state index contributed by atoms with van der Waals surface area (Å²) in [7, 11) is 0. The Labute approximate surface area is 183 Å². The molecule has 1 fully saturated rings. The van der Waals surface area contributed by atoms with Gasteiger partial charge in [0.25, 0.3) is 0 Å². The Morgan fingerprint density at radius 2 is 2.07 bits per heavy atom. The van der Waals surface area contributed by atoms with Crippen LogP contribution < -0.4 is 10.6 Å². The van der Waals surface area contributed by atoms with Gasteiger partial charge >= 0.3 is 6.18 Å². The average Bonchev–Trinajstić information content (AvgIpc) is 3.10. The first kappa shape index (κ1) is 24.8. The highest BCUT2D eigenvalue weighted by Gasteiger charge is 2.33. The number of hydrogen-bond donors (Lipinski definition) is 2. The van der Waals surface area contributed by atoms with Gasteiger partial charge in [0.15, 0.2) is 11.7 Å². The van der Waals surface area contributed by atoms with Crippen LogP contribution in [0.4, 0.5) is 13.2 Å². The zero-order chi connectivity index (χ0) is 19.0. The van der Waals surface area contributed by atoms with Crippen LogP contribution in [-0.4, -0.2) is 54.8 Å². The van der Waals surface area contributed by atoms with E-state index in [-0.39, 0.29) is 28.7 Å². The van der Waals surface area contributed by atoms with E-state index >= 15 is 0 Å². The van der Waals surface area contributed by atoms with Crippen molar-refractivity contribution in [2.75, 3.05) is 39.1 Å². The molecule has 2 heterocycles. The summed E-state index contributed by atoms with van der Waals surface area (Å²) < 4.78 is 43.3. The van der Waals surface area contributed by atoms with Crippen LogP contribution in [-0.2, 0) is 17.3 Å². The minimum absolute atomic E-state index is 0. The summed E-state index contributed by atoms with van der Waals surface area (Å²) in [5.74, 6) is 0.681. The number of rotatable bonds is 7. The maximum absolute atomic E-state index is 12.6. The Bertz CT molecular complexity index is 592. The van der Waals surface area contributed by atoms with Crippen molar-refractivity contribution < 1.29 is 17.9 Å². The van der Waals surface area contributed by atoms with E-state index in [9.17, 15) is 13.2 Å². The lowest BCUT2D eigenvalue weighted by molar-refractivity contribution is -0.140. The van der Waals surface area contributed by atoms with Gasteiger partial charge in [-0.15, -0.1) is 35.3 Å². The molecule has 1 aliphatic rings. The molecular formula is C16H26F3IN4OS2. The molecule has 1 aromatic rings. The molecule has 156 valence electrons. The third-order valence-electron chi connectivity index (χ3n) is 4.18. The maximum Gasteiger partial charge on any atom is 0.434 e. The number of guanidine groups is 1. The number of hydrogen-bond acceptors (Lipinski definition) is 5. The Balaban J connectivity index is 0.00000364. The first-order chi connectivity index (χ1) is 12.4. The van der Waals surface area contributed by atoms with Gasteiger partial charge in [0, 0.05) is 42.9 Å². The van der Waals surface area contributed by atoms with Crippen LogP contribution in [0.25, 0.3) is 0 Å². The van der Waals surface area contributed by atoms with Crippen LogP contribution in [0, 0.1) is 0 Å².